The summed E-state index contributed by atoms with van der Waals surface area (Å²) in [5.41, 5.74) is 9.18. The number of rotatable bonds is 21. The molecule has 682 valence electrons. The van der Waals surface area contributed by atoms with Crippen molar-refractivity contribution in [2.45, 2.75) is 164 Å². The van der Waals surface area contributed by atoms with E-state index >= 15 is 33.6 Å². The molecule has 0 saturated carbocycles. The highest BCUT2D eigenvalue weighted by atomic mass is 32.2. The number of unbranched alkanes of at least 4 members (excludes halogenated alkanes) is 1. The van der Waals surface area contributed by atoms with Gasteiger partial charge in [-0.3, -0.25) is 76.7 Å². The number of phenols is 2. The summed E-state index contributed by atoms with van der Waals surface area (Å²) in [6.07, 6.45) is 0.559. The maximum atomic E-state index is 15.5. The fraction of sp³-hybridized carbons (Fsp3) is 0.413. The predicted octanol–water partition coefficient (Wildman–Crippen LogP) is 1.79. The van der Waals surface area contributed by atoms with Crippen LogP contribution in [0.3, 0.4) is 0 Å². The minimum absolute atomic E-state index is 0.0334. The van der Waals surface area contributed by atoms with Crippen LogP contribution in [0.4, 0.5) is 0 Å². The van der Waals surface area contributed by atoms with Crippen LogP contribution in [0.15, 0.2) is 170 Å². The van der Waals surface area contributed by atoms with Gasteiger partial charge in [-0.25, -0.2) is 0 Å². The maximum absolute atomic E-state index is 15.5. The number of hydrogen-bond donors (Lipinski definition) is 13. The summed E-state index contributed by atoms with van der Waals surface area (Å²) in [7, 11) is 6.56. The van der Waals surface area contributed by atoms with E-state index in [1.165, 1.54) is 98.5 Å². The number of aromatic nitrogens is 1. The van der Waals surface area contributed by atoms with Crippen molar-refractivity contribution in [3.63, 3.8) is 0 Å². The van der Waals surface area contributed by atoms with Crippen molar-refractivity contribution in [3.05, 3.63) is 203 Å². The Labute approximate surface area is 746 Å². The van der Waals surface area contributed by atoms with Crippen molar-refractivity contribution in [1.82, 2.24) is 76.9 Å². The lowest BCUT2D eigenvalue weighted by Gasteiger charge is -2.37. The number of primary amides is 1. The van der Waals surface area contributed by atoms with Gasteiger partial charge in [-0.05, 0) is 88.9 Å². The van der Waals surface area contributed by atoms with Crippen LogP contribution in [0.25, 0.3) is 10.9 Å². The Hall–Kier alpha value is -13.7. The molecule has 0 spiro atoms. The number of fused-ring (bicyclic) bond motifs is 2. The van der Waals surface area contributed by atoms with Gasteiger partial charge in [-0.1, -0.05) is 167 Å². The SMILES string of the molecule is CCCC[C@H]1C(=O)N(C)CC(=O)N[C@@H](CC(=O)O)C(=O)N[C@@H](C(C)C)C(=O)N(C)[C@@H](Cc2ccccc2)C(=O)N[C@@H](Cc2ccc(O)cc2)C(=O)N(C)CC(=O)N[C@@H](Cc2c[nH]c3ccccc23)C(=O)N[C@@H](Cc2ccc(O)cc2)C(=O)N2CCC[C@@H]2C(=O)N[C@H](C(=O)NCC(N)=O)CSCC(=O)N[C@@H](Cc2ccccc2)C(=O)N(C)[C@@H](Cc2ccccc2)C(=O)N1C. The number of likely N-dealkylation sites (N-methyl/N-ethyl adjacent to an activating group) is 5. The Morgan fingerprint density at radius 1 is 0.484 bits per heavy atom. The van der Waals surface area contributed by atoms with Crippen molar-refractivity contribution in [1.29, 1.82) is 0 Å². The molecule has 36 heteroatoms. The standard InChI is InChI=1S/C92H114N16O19S/c1-9-10-31-73-90(125)104(5)52-78(113)97-67(48-80(115)116)84(119)102-81(55(2)3)92(127)106(7)74(45-57-25-16-12-17-26-57)86(121)100-68(43-59-33-37-62(109)38-34-59)87(122)103(4)51-77(112)96-66(47-61-49-94-65-30-21-20-29-64(61)65)83(118)99-70(44-60-35-39-63(110)40-36-60)89(124)108-41-22-32-72(108)85(120)101-71(82(117)95-50-76(93)111)53-128-54-79(114)98-69(42-56-23-14-11-15-24-56)88(123)107(8)75(91(126)105(73)6)46-58-27-18-13-19-28-58/h11-21,23-30,33-40,49,55,66-75,81,94,109-110H,9-10,22,31-32,41-48,50-54H2,1-8H3,(H2,93,111)(H,95,117)(H,96,112)(H,97,113)(H,98,114)(H,99,118)(H,100,121)(H,101,120)(H,102,119)(H,115,116)/t66-,67-,68-,69-,70-,71-,72+,73-,74-,75-,81-/m0/s1. The number of nitrogens with zero attached hydrogens (tertiary/aromatic N) is 6. The minimum Gasteiger partial charge on any atom is -0.508 e. The molecule has 9 rings (SSSR count). The smallest absolute Gasteiger partial charge is 0.305 e. The van der Waals surface area contributed by atoms with Crippen LogP contribution in [0.5, 0.6) is 11.5 Å². The lowest BCUT2D eigenvalue weighted by molar-refractivity contribution is -0.151. The third-order valence-corrected chi connectivity index (χ3v) is 23.6. The number of nitrogens with two attached hydrogens (primary N) is 1. The first kappa shape index (κ1) is 98.1. The Morgan fingerprint density at radius 3 is 1.52 bits per heavy atom. The van der Waals surface area contributed by atoms with Gasteiger partial charge in [0.2, 0.25) is 88.6 Å². The highest BCUT2D eigenvalue weighted by Crippen LogP contribution is 2.26. The number of hydrogen-bond acceptors (Lipinski definition) is 19. The van der Waals surface area contributed by atoms with Crippen molar-refractivity contribution < 1.29 is 92.0 Å². The Bertz CT molecular complexity index is 5090. The summed E-state index contributed by atoms with van der Waals surface area (Å²) in [4.78, 5) is 245. The molecule has 14 N–H and O–H groups in total. The molecule has 11 atom stereocenters. The van der Waals surface area contributed by atoms with Gasteiger partial charge in [-0.2, -0.15) is 0 Å². The van der Waals surface area contributed by atoms with Crippen LogP contribution >= 0.6 is 11.8 Å². The van der Waals surface area contributed by atoms with Crippen LogP contribution in [0.1, 0.15) is 92.7 Å². The Kier molecular flexibility index (Phi) is 36.1. The monoisotopic (exact) mass is 1780 g/mol. The van der Waals surface area contributed by atoms with E-state index in [2.05, 4.69) is 47.5 Å². The second-order valence-electron chi connectivity index (χ2n) is 32.6. The molecule has 2 aliphatic heterocycles. The fourth-order valence-electron chi connectivity index (χ4n) is 15.5. The predicted molar refractivity (Wildman–Crippen MR) is 475 cm³/mol. The number of aromatic hydroxyl groups is 2. The molecule has 2 saturated heterocycles. The molecule has 128 heavy (non-hydrogen) atoms. The van der Waals surface area contributed by atoms with Gasteiger partial charge >= 0.3 is 5.97 Å². The molecule has 7 aromatic rings. The second-order valence-corrected chi connectivity index (χ2v) is 33.6. The topological polar surface area (TPSA) is 491 Å². The maximum Gasteiger partial charge on any atom is 0.305 e. The molecule has 0 radical (unpaired) electrons. The molecule has 0 unspecified atom stereocenters. The molecular weight excluding hydrogens is 1670 g/mol. The number of phenolic OH excluding ortho intramolecular Hbond substituents is 2. The zero-order valence-electron chi connectivity index (χ0n) is 72.9. The normalized spacial score (nSPS) is 22.4. The molecule has 6 aromatic carbocycles. The van der Waals surface area contributed by atoms with Crippen molar-refractivity contribution in [2.24, 2.45) is 11.7 Å². The first-order valence-corrected chi connectivity index (χ1v) is 43.5. The van der Waals surface area contributed by atoms with E-state index in [4.69, 9.17) is 5.73 Å². The van der Waals surface area contributed by atoms with Crippen molar-refractivity contribution in [2.75, 3.05) is 72.9 Å². The molecule has 2 fully saturated rings. The van der Waals surface area contributed by atoms with Gasteiger partial charge in [0.25, 0.3) is 0 Å². The van der Waals surface area contributed by atoms with Crippen LogP contribution in [-0.4, -0.2) is 284 Å². The summed E-state index contributed by atoms with van der Waals surface area (Å²) in [5, 5.41) is 53.0. The summed E-state index contributed by atoms with van der Waals surface area (Å²) in [6, 6.07) is 27.8. The molecular formula is C92H114N16O19S. The zero-order chi connectivity index (χ0) is 93.0. The van der Waals surface area contributed by atoms with E-state index in [-0.39, 0.29) is 81.6 Å². The van der Waals surface area contributed by atoms with Gasteiger partial charge in [0.15, 0.2) is 0 Å². The highest BCUT2D eigenvalue weighted by Gasteiger charge is 2.44. The van der Waals surface area contributed by atoms with E-state index in [1.807, 2.05) is 6.92 Å². The fourth-order valence-corrected chi connectivity index (χ4v) is 16.3. The van der Waals surface area contributed by atoms with Crippen LogP contribution in [0, 0.1) is 5.92 Å². The lowest BCUT2D eigenvalue weighted by atomic mass is 9.98. The number of aliphatic carboxylic acids is 1. The number of nitrogens with one attached hydrogen (secondary N) is 9. The molecule has 1 aromatic heterocycles. The molecule has 0 bridgehead atoms. The number of para-hydroxylation sites is 1. The first-order valence-electron chi connectivity index (χ1n) is 42.4. The molecule has 2 aliphatic rings. The minimum atomic E-state index is -1.90. The van der Waals surface area contributed by atoms with E-state index in [0.29, 0.717) is 57.1 Å². The van der Waals surface area contributed by atoms with Gasteiger partial charge < -0.3 is 98.0 Å². The van der Waals surface area contributed by atoms with E-state index in [9.17, 15) is 58.5 Å². The number of carboxylic acid groups (broad SMARTS) is 1. The number of carbonyl (C=O) groups is 16. The summed E-state index contributed by atoms with van der Waals surface area (Å²) in [5.74, 6) is -16.6. The molecule has 0 aliphatic carbocycles. The molecule has 3 heterocycles. The third-order valence-electron chi connectivity index (χ3n) is 22.5. The van der Waals surface area contributed by atoms with Crippen LogP contribution in [-0.2, 0) is 115 Å². The van der Waals surface area contributed by atoms with Crippen molar-refractivity contribution in [3.8, 4) is 11.5 Å². The van der Waals surface area contributed by atoms with E-state index < -0.39 is 199 Å². The van der Waals surface area contributed by atoms with E-state index in [1.54, 1.807) is 135 Å². The number of carbonyl (C=O) groups excluding carboxylic acids is 15. The van der Waals surface area contributed by atoms with Crippen LogP contribution in [0.2, 0.25) is 0 Å². The largest absolute Gasteiger partial charge is 0.508 e. The number of thioether (sulfide) groups is 1. The average Bonchev–Trinajstić information content (AvgIpc) is 1.67. The molecule has 35 nitrogen and oxygen atoms in total. The van der Waals surface area contributed by atoms with E-state index in [0.717, 1.165) is 26.5 Å². The quantitative estimate of drug-likeness (QED) is 0.0488. The number of aromatic amines is 1. The van der Waals surface area contributed by atoms with Crippen LogP contribution < -0.4 is 48.3 Å². The number of carboxylic acids is 1. The average molecular weight is 1780 g/mol. The van der Waals surface area contributed by atoms with Gasteiger partial charge in [-0.15, -0.1) is 11.8 Å². The van der Waals surface area contributed by atoms with Gasteiger partial charge in [0, 0.05) is 103 Å². The van der Waals surface area contributed by atoms with Crippen molar-refractivity contribution >= 4 is 117 Å². The zero-order valence-corrected chi connectivity index (χ0v) is 73.7. The summed E-state index contributed by atoms with van der Waals surface area (Å²) >= 11 is 0.846. The summed E-state index contributed by atoms with van der Waals surface area (Å²) < 4.78 is 0. The molecule has 15 amide bonds. The Balaban J connectivity index is 1.10. The lowest BCUT2D eigenvalue weighted by Crippen LogP contribution is -2.61. The number of H-pyrrole nitrogens is 1. The first-order chi connectivity index (χ1) is 61.1. The van der Waals surface area contributed by atoms with Gasteiger partial charge in [0.1, 0.15) is 78.0 Å². The summed E-state index contributed by atoms with van der Waals surface area (Å²) in [6.45, 7) is 2.66. The Morgan fingerprint density at radius 2 is 0.961 bits per heavy atom. The van der Waals surface area contributed by atoms with Gasteiger partial charge in [0.05, 0.1) is 31.8 Å². The number of benzene rings is 6. The second kappa shape index (κ2) is 47.1. The number of amides is 15. The third kappa shape index (κ3) is 27.9. The highest BCUT2D eigenvalue weighted by molar-refractivity contribution is 8.00.